The zero-order valence-corrected chi connectivity index (χ0v) is 6.14. The summed E-state index contributed by atoms with van der Waals surface area (Å²) in [7, 11) is 0. The summed E-state index contributed by atoms with van der Waals surface area (Å²) >= 11 is 0. The maximum Gasteiger partial charge on any atom is 0.0261 e. The van der Waals surface area contributed by atoms with Crippen LogP contribution >= 0.6 is 0 Å². The van der Waals surface area contributed by atoms with E-state index in [2.05, 4.69) is 10.6 Å². The Kier molecular flexibility index (Phi) is 0.968. The molecule has 3 heterocycles. The van der Waals surface area contributed by atoms with Crippen molar-refractivity contribution < 1.29 is 0 Å². The van der Waals surface area contributed by atoms with Crippen molar-refractivity contribution in [3.63, 3.8) is 0 Å². The van der Waals surface area contributed by atoms with Gasteiger partial charge in [0, 0.05) is 12.1 Å². The number of piperidine rings is 2. The van der Waals surface area contributed by atoms with E-state index >= 15 is 0 Å². The van der Waals surface area contributed by atoms with Gasteiger partial charge in [0.2, 0.25) is 0 Å². The van der Waals surface area contributed by atoms with Gasteiger partial charge in [0.05, 0.1) is 0 Å². The molecule has 0 aromatic carbocycles. The van der Waals surface area contributed by atoms with Crippen LogP contribution in [0.4, 0.5) is 0 Å². The normalized spacial score (nSPS) is 57.6. The van der Waals surface area contributed by atoms with Gasteiger partial charge < -0.3 is 10.6 Å². The van der Waals surface area contributed by atoms with Crippen LogP contribution in [0.5, 0.6) is 0 Å². The van der Waals surface area contributed by atoms with E-state index in [0.717, 1.165) is 23.9 Å². The molecule has 0 aromatic rings. The molecule has 4 aliphatic rings. The SMILES string of the molecule is C1NC2C3CNC2CC1C3. The van der Waals surface area contributed by atoms with Gasteiger partial charge >= 0.3 is 0 Å². The van der Waals surface area contributed by atoms with Crippen LogP contribution in [0.15, 0.2) is 0 Å². The zero-order valence-electron chi connectivity index (χ0n) is 6.14. The summed E-state index contributed by atoms with van der Waals surface area (Å²) in [4.78, 5) is 0. The van der Waals surface area contributed by atoms with E-state index in [1.807, 2.05) is 0 Å². The highest BCUT2D eigenvalue weighted by Gasteiger charge is 2.45. The van der Waals surface area contributed by atoms with Crippen LogP contribution in [0.1, 0.15) is 12.8 Å². The Balaban J connectivity index is 1.94. The maximum absolute atomic E-state index is 3.62. The van der Waals surface area contributed by atoms with E-state index < -0.39 is 0 Å². The lowest BCUT2D eigenvalue weighted by atomic mass is 9.74. The molecule has 2 nitrogen and oxygen atoms in total. The monoisotopic (exact) mass is 138 g/mol. The highest BCUT2D eigenvalue weighted by molar-refractivity contribution is 5.05. The van der Waals surface area contributed by atoms with E-state index in [1.165, 1.54) is 25.9 Å². The summed E-state index contributed by atoms with van der Waals surface area (Å²) in [5.74, 6) is 1.97. The first kappa shape index (κ1) is 5.56. The molecule has 4 bridgehead atoms. The van der Waals surface area contributed by atoms with Gasteiger partial charge in [-0.2, -0.15) is 0 Å². The topological polar surface area (TPSA) is 24.1 Å². The van der Waals surface area contributed by atoms with Crippen molar-refractivity contribution in [2.24, 2.45) is 11.8 Å². The van der Waals surface area contributed by atoms with Gasteiger partial charge in [-0.1, -0.05) is 0 Å². The molecule has 4 rings (SSSR count). The summed E-state index contributed by atoms with van der Waals surface area (Å²) in [6, 6.07) is 1.67. The lowest BCUT2D eigenvalue weighted by Crippen LogP contribution is -2.55. The van der Waals surface area contributed by atoms with E-state index in [0.29, 0.717) is 0 Å². The predicted molar refractivity (Wildman–Crippen MR) is 39.8 cm³/mol. The van der Waals surface area contributed by atoms with Crippen molar-refractivity contribution in [1.29, 1.82) is 0 Å². The fourth-order valence-corrected chi connectivity index (χ4v) is 3.01. The summed E-state index contributed by atoms with van der Waals surface area (Å²) < 4.78 is 0. The number of rotatable bonds is 0. The highest BCUT2D eigenvalue weighted by Crippen LogP contribution is 2.37. The summed E-state index contributed by atoms with van der Waals surface area (Å²) in [5.41, 5.74) is 0. The minimum absolute atomic E-state index is 0.831. The quantitative estimate of drug-likeness (QED) is 0.490. The molecule has 3 saturated heterocycles. The van der Waals surface area contributed by atoms with Crippen LogP contribution in [-0.2, 0) is 0 Å². The average molecular weight is 138 g/mol. The Bertz CT molecular complexity index is 143. The van der Waals surface area contributed by atoms with E-state index in [-0.39, 0.29) is 0 Å². The minimum atomic E-state index is 0.831. The first-order valence-corrected chi connectivity index (χ1v) is 4.40. The molecule has 4 unspecified atom stereocenters. The third-order valence-corrected chi connectivity index (χ3v) is 3.45. The van der Waals surface area contributed by atoms with Gasteiger partial charge in [-0.15, -0.1) is 0 Å². The molecule has 0 radical (unpaired) electrons. The molecule has 0 amide bonds. The van der Waals surface area contributed by atoms with Crippen molar-refractivity contribution >= 4 is 0 Å². The molecule has 10 heavy (non-hydrogen) atoms. The van der Waals surface area contributed by atoms with Crippen LogP contribution in [0.25, 0.3) is 0 Å². The van der Waals surface area contributed by atoms with E-state index in [9.17, 15) is 0 Å². The van der Waals surface area contributed by atoms with Gasteiger partial charge in [-0.05, 0) is 37.8 Å². The average Bonchev–Trinajstić information content (AvgIpc) is 2.29. The van der Waals surface area contributed by atoms with Gasteiger partial charge in [0.25, 0.3) is 0 Å². The molecule has 0 spiro atoms. The molecule has 56 valence electrons. The van der Waals surface area contributed by atoms with Gasteiger partial charge in [0.15, 0.2) is 0 Å². The van der Waals surface area contributed by atoms with Gasteiger partial charge in [0.1, 0.15) is 0 Å². The molecular weight excluding hydrogens is 124 g/mol. The van der Waals surface area contributed by atoms with Crippen LogP contribution < -0.4 is 10.6 Å². The Labute approximate surface area is 61.4 Å². The number of hydrogen-bond donors (Lipinski definition) is 2. The molecule has 3 aliphatic heterocycles. The van der Waals surface area contributed by atoms with Crippen molar-refractivity contribution in [1.82, 2.24) is 10.6 Å². The third kappa shape index (κ3) is 0.565. The maximum atomic E-state index is 3.62. The second kappa shape index (κ2) is 1.74. The molecular formula is C8H14N2. The number of nitrogens with one attached hydrogen (secondary N) is 2. The van der Waals surface area contributed by atoms with Crippen molar-refractivity contribution in [2.75, 3.05) is 13.1 Å². The Morgan fingerprint density at radius 2 is 2.00 bits per heavy atom. The fraction of sp³-hybridized carbons (Fsp3) is 1.00. The van der Waals surface area contributed by atoms with E-state index in [4.69, 9.17) is 0 Å². The minimum Gasteiger partial charge on any atom is -0.312 e. The lowest BCUT2D eigenvalue weighted by molar-refractivity contribution is 0.162. The molecule has 2 heteroatoms. The predicted octanol–water partition coefficient (Wildman–Crippen LogP) is -0.0438. The van der Waals surface area contributed by atoms with Crippen LogP contribution in [0, 0.1) is 11.8 Å². The van der Waals surface area contributed by atoms with Gasteiger partial charge in [-0.25, -0.2) is 0 Å². The molecule has 4 atom stereocenters. The zero-order chi connectivity index (χ0) is 6.55. The fourth-order valence-electron chi connectivity index (χ4n) is 3.01. The first-order chi connectivity index (χ1) is 4.93. The summed E-state index contributed by atoms with van der Waals surface area (Å²) in [6.45, 7) is 2.57. The van der Waals surface area contributed by atoms with E-state index in [1.54, 1.807) is 0 Å². The molecule has 2 N–H and O–H groups in total. The second-order valence-corrected chi connectivity index (χ2v) is 4.05. The molecule has 1 saturated carbocycles. The Morgan fingerprint density at radius 1 is 1.00 bits per heavy atom. The largest absolute Gasteiger partial charge is 0.312 e. The second-order valence-electron chi connectivity index (χ2n) is 4.05. The Morgan fingerprint density at radius 3 is 2.70 bits per heavy atom. The third-order valence-electron chi connectivity index (χ3n) is 3.45. The molecule has 4 fully saturated rings. The number of hydrogen-bond acceptors (Lipinski definition) is 2. The smallest absolute Gasteiger partial charge is 0.0261 e. The summed E-state index contributed by atoms with van der Waals surface area (Å²) in [5, 5.41) is 7.21. The lowest BCUT2D eigenvalue weighted by Gasteiger charge is -2.41. The van der Waals surface area contributed by atoms with Crippen LogP contribution in [0.2, 0.25) is 0 Å². The van der Waals surface area contributed by atoms with Crippen LogP contribution in [0.3, 0.4) is 0 Å². The highest BCUT2D eigenvalue weighted by atomic mass is 15.1. The van der Waals surface area contributed by atoms with Crippen molar-refractivity contribution in [2.45, 2.75) is 24.9 Å². The molecule has 1 aliphatic carbocycles. The number of fused-ring (bicyclic) bond motifs is 1. The first-order valence-electron chi connectivity index (χ1n) is 4.40. The van der Waals surface area contributed by atoms with Crippen molar-refractivity contribution in [3.05, 3.63) is 0 Å². The Hall–Kier alpha value is -0.0800. The summed E-state index contributed by atoms with van der Waals surface area (Å²) in [6.07, 6.45) is 2.93. The van der Waals surface area contributed by atoms with Crippen molar-refractivity contribution in [3.8, 4) is 0 Å². The van der Waals surface area contributed by atoms with Crippen LogP contribution in [-0.4, -0.2) is 25.2 Å². The standard InChI is InChI=1S/C8H14N2/c1-5-2-7-8(10-3-5)6(1)4-9-7/h5-10H,1-4H2. The molecule has 0 aromatic heterocycles. The van der Waals surface area contributed by atoms with Gasteiger partial charge in [-0.3, -0.25) is 0 Å².